The fourth-order valence-electron chi connectivity index (χ4n) is 2.52. The van der Waals surface area contributed by atoms with Crippen molar-refractivity contribution in [1.82, 2.24) is 9.97 Å². The van der Waals surface area contributed by atoms with Crippen molar-refractivity contribution < 1.29 is 27.4 Å². The number of rotatable bonds is 7. The van der Waals surface area contributed by atoms with Gasteiger partial charge in [-0.3, -0.25) is 0 Å². The number of hydrogen-bond donors (Lipinski definition) is 0. The van der Waals surface area contributed by atoms with Crippen molar-refractivity contribution in [3.8, 4) is 29.4 Å². The Morgan fingerprint density at radius 1 is 0.971 bits per heavy atom. The highest BCUT2D eigenvalue weighted by molar-refractivity contribution is 6.55. The molecule has 12 heteroatoms. The molecule has 1 aromatic heterocycles. The zero-order chi connectivity index (χ0) is 24.7. The average molecular weight is 552 g/mol. The second kappa shape index (κ2) is 11.7. The van der Waals surface area contributed by atoms with E-state index in [1.165, 1.54) is 30.5 Å². The van der Waals surface area contributed by atoms with Crippen LogP contribution in [0.25, 0.3) is 10.9 Å². The first kappa shape index (κ1) is 26.0. The van der Waals surface area contributed by atoms with E-state index in [9.17, 15) is 13.2 Å². The molecule has 178 valence electrons. The lowest BCUT2D eigenvalue weighted by molar-refractivity contribution is -0.137. The number of aromatic nitrogens is 2. The molecular formula is C22H13Cl4F3N2O3. The third kappa shape index (κ3) is 7.47. The monoisotopic (exact) mass is 550 g/mol. The van der Waals surface area contributed by atoms with Gasteiger partial charge in [0.25, 0.3) is 0 Å². The van der Waals surface area contributed by atoms with Crippen molar-refractivity contribution in [3.05, 3.63) is 62.7 Å². The quantitative estimate of drug-likeness (QED) is 0.293. The fourth-order valence-corrected chi connectivity index (χ4v) is 3.22. The van der Waals surface area contributed by atoms with Gasteiger partial charge in [0.1, 0.15) is 23.5 Å². The minimum atomic E-state index is -4.47. The molecule has 0 spiro atoms. The van der Waals surface area contributed by atoms with Gasteiger partial charge in [-0.1, -0.05) is 64.3 Å². The summed E-state index contributed by atoms with van der Waals surface area (Å²) in [6.45, 7) is -0.0368. The van der Waals surface area contributed by atoms with E-state index >= 15 is 0 Å². The van der Waals surface area contributed by atoms with Crippen LogP contribution in [-0.2, 0) is 6.18 Å². The topological polar surface area (TPSA) is 53.5 Å². The van der Waals surface area contributed by atoms with Crippen molar-refractivity contribution in [2.75, 3.05) is 19.8 Å². The van der Waals surface area contributed by atoms with Crippen LogP contribution in [0, 0.1) is 11.8 Å². The first-order valence-corrected chi connectivity index (χ1v) is 10.8. The predicted octanol–water partition coefficient (Wildman–Crippen LogP) is 7.11. The van der Waals surface area contributed by atoms with E-state index in [1.54, 1.807) is 0 Å². The van der Waals surface area contributed by atoms with Crippen LogP contribution in [0.15, 0.2) is 47.1 Å². The van der Waals surface area contributed by atoms with Crippen molar-refractivity contribution in [1.29, 1.82) is 0 Å². The van der Waals surface area contributed by atoms with Crippen LogP contribution in [0.4, 0.5) is 13.2 Å². The molecule has 0 bridgehead atoms. The van der Waals surface area contributed by atoms with Crippen LogP contribution < -0.4 is 14.2 Å². The summed E-state index contributed by atoms with van der Waals surface area (Å²) in [5, 5.41) is 0.873. The number of hydrogen-bond acceptors (Lipinski definition) is 5. The van der Waals surface area contributed by atoms with Crippen LogP contribution in [0.2, 0.25) is 10.0 Å². The SMILES string of the molecule is FC(F)(F)c1ccc2cnc(OCC#CCOc3c(Cl)cc(OCC=C(Cl)Cl)cc3Cl)nc2c1. The number of halogens is 7. The smallest absolute Gasteiger partial charge is 0.416 e. The Kier molecular flexibility index (Phi) is 8.97. The highest BCUT2D eigenvalue weighted by Gasteiger charge is 2.30. The van der Waals surface area contributed by atoms with Gasteiger partial charge in [-0.25, -0.2) is 4.98 Å². The summed E-state index contributed by atoms with van der Waals surface area (Å²) in [6.07, 6.45) is -1.65. The van der Waals surface area contributed by atoms with E-state index in [0.717, 1.165) is 12.1 Å². The molecule has 3 rings (SSSR count). The summed E-state index contributed by atoms with van der Waals surface area (Å²) in [5.74, 6) is 5.99. The number of nitrogens with zero attached hydrogens (tertiary/aromatic N) is 2. The largest absolute Gasteiger partial charge is 0.489 e. The highest BCUT2D eigenvalue weighted by Crippen LogP contribution is 2.37. The predicted molar refractivity (Wildman–Crippen MR) is 125 cm³/mol. The second-order valence-corrected chi connectivity index (χ2v) is 8.20. The zero-order valence-electron chi connectivity index (χ0n) is 16.9. The lowest BCUT2D eigenvalue weighted by atomic mass is 10.1. The molecule has 0 aliphatic rings. The molecule has 5 nitrogen and oxygen atoms in total. The molecule has 0 saturated heterocycles. The molecule has 0 atom stereocenters. The summed E-state index contributed by atoms with van der Waals surface area (Å²) in [4.78, 5) is 7.93. The fraction of sp³-hybridized carbons (Fsp3) is 0.182. The van der Waals surface area contributed by atoms with Crippen molar-refractivity contribution in [2.45, 2.75) is 6.18 Å². The molecule has 0 aliphatic heterocycles. The molecule has 0 N–H and O–H groups in total. The van der Waals surface area contributed by atoms with Gasteiger partial charge in [0.15, 0.2) is 12.4 Å². The molecule has 0 aliphatic carbocycles. The molecule has 0 amide bonds. The maximum atomic E-state index is 12.9. The molecule has 0 saturated carbocycles. The molecule has 0 radical (unpaired) electrons. The van der Waals surface area contributed by atoms with E-state index in [2.05, 4.69) is 21.8 Å². The lowest BCUT2D eigenvalue weighted by Crippen LogP contribution is -2.05. The minimum Gasteiger partial charge on any atom is -0.489 e. The Labute approximate surface area is 212 Å². The van der Waals surface area contributed by atoms with Gasteiger partial charge in [-0.2, -0.15) is 18.2 Å². The Bertz CT molecular complexity index is 1250. The van der Waals surface area contributed by atoms with Crippen LogP contribution in [-0.4, -0.2) is 29.8 Å². The Hall–Kier alpha value is -2.57. The summed E-state index contributed by atoms with van der Waals surface area (Å²) in [5.41, 5.74) is -0.704. The summed E-state index contributed by atoms with van der Waals surface area (Å²) in [7, 11) is 0. The van der Waals surface area contributed by atoms with Gasteiger partial charge in [0, 0.05) is 23.7 Å². The molecule has 0 unspecified atom stereocenters. The van der Waals surface area contributed by atoms with Crippen molar-refractivity contribution >= 4 is 57.3 Å². The number of fused-ring (bicyclic) bond motifs is 1. The molecule has 0 fully saturated rings. The first-order valence-electron chi connectivity index (χ1n) is 9.32. The minimum absolute atomic E-state index is 0.0544. The van der Waals surface area contributed by atoms with Crippen LogP contribution >= 0.6 is 46.4 Å². The molecule has 3 aromatic rings. The van der Waals surface area contributed by atoms with Crippen molar-refractivity contribution in [2.24, 2.45) is 0 Å². The third-order valence-corrected chi connectivity index (χ3v) is 4.90. The van der Waals surface area contributed by atoms with Crippen LogP contribution in [0.1, 0.15) is 5.56 Å². The number of ether oxygens (including phenoxy) is 3. The van der Waals surface area contributed by atoms with E-state index in [0.29, 0.717) is 11.1 Å². The average Bonchev–Trinajstić information content (AvgIpc) is 2.76. The Morgan fingerprint density at radius 2 is 1.65 bits per heavy atom. The highest BCUT2D eigenvalue weighted by atomic mass is 35.5. The van der Waals surface area contributed by atoms with Gasteiger partial charge in [0.05, 0.1) is 21.1 Å². The lowest BCUT2D eigenvalue weighted by Gasteiger charge is -2.10. The number of alkyl halides is 3. The summed E-state index contributed by atoms with van der Waals surface area (Å²) >= 11 is 23.4. The van der Waals surface area contributed by atoms with E-state index < -0.39 is 11.7 Å². The maximum Gasteiger partial charge on any atom is 0.416 e. The zero-order valence-corrected chi connectivity index (χ0v) is 20.0. The van der Waals surface area contributed by atoms with Crippen LogP contribution in [0.3, 0.4) is 0 Å². The molecule has 1 heterocycles. The third-order valence-electron chi connectivity index (χ3n) is 4.03. The summed E-state index contributed by atoms with van der Waals surface area (Å²) < 4.78 is 54.8. The van der Waals surface area contributed by atoms with E-state index in [1.807, 2.05) is 0 Å². The standard InChI is InChI=1S/C22H13Cl4F3N2O3/c23-16-10-15(32-8-5-19(25)26)11-17(24)20(16)33-6-1-2-7-34-21-30-12-13-3-4-14(22(27,28)29)9-18(13)31-21/h3-5,9-12H,6-8H2. The normalized spacial score (nSPS) is 10.9. The van der Waals surface area contributed by atoms with Gasteiger partial charge < -0.3 is 14.2 Å². The second-order valence-electron chi connectivity index (χ2n) is 6.38. The summed E-state index contributed by atoms with van der Waals surface area (Å²) in [6, 6.07) is 6.10. The maximum absolute atomic E-state index is 12.9. The van der Waals surface area contributed by atoms with Gasteiger partial charge in [-0.05, 0) is 18.2 Å². The molecule has 2 aromatic carbocycles. The van der Waals surface area contributed by atoms with E-state index in [-0.39, 0.29) is 51.6 Å². The molecular weight excluding hydrogens is 539 g/mol. The van der Waals surface area contributed by atoms with Gasteiger partial charge >= 0.3 is 12.2 Å². The van der Waals surface area contributed by atoms with E-state index in [4.69, 9.17) is 60.6 Å². The van der Waals surface area contributed by atoms with Crippen LogP contribution in [0.5, 0.6) is 17.5 Å². The Balaban J connectivity index is 1.54. The number of benzene rings is 2. The van der Waals surface area contributed by atoms with Gasteiger partial charge in [0.2, 0.25) is 0 Å². The van der Waals surface area contributed by atoms with Crippen molar-refractivity contribution in [3.63, 3.8) is 0 Å². The van der Waals surface area contributed by atoms with Gasteiger partial charge in [-0.15, -0.1) is 0 Å². The first-order chi connectivity index (χ1) is 16.1. The Morgan fingerprint density at radius 3 is 2.29 bits per heavy atom. The molecule has 34 heavy (non-hydrogen) atoms.